The molecule has 0 saturated heterocycles. The van der Waals surface area contributed by atoms with Gasteiger partial charge in [-0.05, 0) is 102 Å². The van der Waals surface area contributed by atoms with E-state index in [9.17, 15) is 4.79 Å². The molecule has 180 valence electrons. The van der Waals surface area contributed by atoms with E-state index in [0.29, 0.717) is 22.8 Å². The molecule has 34 heavy (non-hydrogen) atoms. The van der Waals surface area contributed by atoms with Gasteiger partial charge in [0.25, 0.3) is 5.91 Å². The maximum atomic E-state index is 13.2. The van der Waals surface area contributed by atoms with Crippen molar-refractivity contribution in [3.8, 4) is 17.2 Å². The van der Waals surface area contributed by atoms with Crippen LogP contribution in [-0.2, 0) is 0 Å². The number of amides is 1. The van der Waals surface area contributed by atoms with Crippen LogP contribution >= 0.6 is 15.9 Å². The average Bonchev–Trinajstić information content (AvgIpc) is 2.82. The lowest BCUT2D eigenvalue weighted by Crippen LogP contribution is -2.59. The van der Waals surface area contributed by atoms with Gasteiger partial charge in [0.05, 0.1) is 21.3 Å². The quantitative estimate of drug-likeness (QED) is 0.428. The fraction of sp³-hybridized carbons (Fsp3) is 0.464. The van der Waals surface area contributed by atoms with Crippen molar-refractivity contribution in [1.82, 2.24) is 5.32 Å². The molecule has 1 amide bonds. The Morgan fingerprint density at radius 1 is 0.882 bits per heavy atom. The summed E-state index contributed by atoms with van der Waals surface area (Å²) in [6, 6.07) is 9.54. The first kappa shape index (κ1) is 23.3. The summed E-state index contributed by atoms with van der Waals surface area (Å²) in [6.45, 7) is 0. The highest BCUT2D eigenvalue weighted by Gasteiger charge is 2.51. The fourth-order valence-corrected chi connectivity index (χ4v) is 7.29. The van der Waals surface area contributed by atoms with Gasteiger partial charge in [0, 0.05) is 16.7 Å². The summed E-state index contributed by atoms with van der Waals surface area (Å²) in [6.07, 6.45) is 11.5. The minimum atomic E-state index is -0.00264. The first-order valence-electron chi connectivity index (χ1n) is 12.0. The number of methoxy groups -OCH3 is 3. The number of hydrogen-bond acceptors (Lipinski definition) is 4. The van der Waals surface area contributed by atoms with Crippen LogP contribution in [0.2, 0.25) is 0 Å². The van der Waals surface area contributed by atoms with Crippen LogP contribution in [0.3, 0.4) is 0 Å². The molecule has 4 aliphatic rings. The molecule has 0 atom stereocenters. The monoisotopic (exact) mass is 525 g/mol. The van der Waals surface area contributed by atoms with E-state index in [1.807, 2.05) is 42.5 Å². The summed E-state index contributed by atoms with van der Waals surface area (Å²) in [5, 5.41) is 3.46. The highest BCUT2D eigenvalue weighted by molar-refractivity contribution is 9.10. The van der Waals surface area contributed by atoms with Gasteiger partial charge < -0.3 is 19.5 Å². The molecule has 6 rings (SSSR count). The highest BCUT2D eigenvalue weighted by atomic mass is 79.9. The van der Waals surface area contributed by atoms with Crippen molar-refractivity contribution < 1.29 is 19.0 Å². The third kappa shape index (κ3) is 4.45. The lowest BCUT2D eigenvalue weighted by atomic mass is 9.53. The molecule has 0 radical (unpaired) electrons. The van der Waals surface area contributed by atoms with Crippen molar-refractivity contribution >= 4 is 34.0 Å². The van der Waals surface area contributed by atoms with E-state index in [4.69, 9.17) is 14.2 Å². The van der Waals surface area contributed by atoms with Gasteiger partial charge in [0.1, 0.15) is 21.7 Å². The number of carbonyl (C=O) groups is 1. The van der Waals surface area contributed by atoms with E-state index in [1.54, 1.807) is 21.3 Å². The summed E-state index contributed by atoms with van der Waals surface area (Å²) in [4.78, 5) is 13.2. The summed E-state index contributed by atoms with van der Waals surface area (Å²) < 4.78 is 17.3. The van der Waals surface area contributed by atoms with Gasteiger partial charge in [-0.2, -0.15) is 0 Å². The van der Waals surface area contributed by atoms with E-state index in [-0.39, 0.29) is 11.4 Å². The van der Waals surface area contributed by atoms with Gasteiger partial charge in [-0.1, -0.05) is 18.2 Å². The molecular formula is C28H32BrNO4. The van der Waals surface area contributed by atoms with Crippen molar-refractivity contribution in [3.05, 3.63) is 51.5 Å². The van der Waals surface area contributed by atoms with Crippen molar-refractivity contribution in [1.29, 1.82) is 0 Å². The van der Waals surface area contributed by atoms with Crippen molar-refractivity contribution in [2.75, 3.05) is 21.3 Å². The first-order valence-corrected chi connectivity index (χ1v) is 12.8. The van der Waals surface area contributed by atoms with E-state index >= 15 is 0 Å². The Morgan fingerprint density at radius 3 is 1.97 bits per heavy atom. The number of hydrogen-bond donors (Lipinski definition) is 1. The molecule has 2 aromatic rings. The van der Waals surface area contributed by atoms with Crippen LogP contribution in [0, 0.1) is 17.8 Å². The Bertz CT molecular complexity index is 1070. The minimum absolute atomic E-state index is 0.00264. The Hall–Kier alpha value is -2.47. The Kier molecular flexibility index (Phi) is 6.36. The zero-order valence-electron chi connectivity index (χ0n) is 20.0. The number of rotatable bonds is 7. The SMILES string of the molecule is COc1cc(C(=O)NC23CC4CC(CC(C4)C2)C3)ccc1/C=C/c1cc(OC)c(Br)c(OC)c1. The van der Waals surface area contributed by atoms with Crippen LogP contribution in [0.1, 0.15) is 60.0 Å². The lowest BCUT2D eigenvalue weighted by Gasteiger charge is -2.56. The first-order chi connectivity index (χ1) is 16.4. The number of carbonyl (C=O) groups excluding carboxylic acids is 1. The van der Waals surface area contributed by atoms with Crippen molar-refractivity contribution in [2.24, 2.45) is 17.8 Å². The normalized spacial score (nSPS) is 27.1. The van der Waals surface area contributed by atoms with E-state index in [0.717, 1.165) is 52.6 Å². The number of ether oxygens (including phenoxy) is 3. The molecule has 1 N–H and O–H groups in total. The standard InChI is InChI=1S/C28H32BrNO4/c1-32-23-13-22(27(31)30-28-14-18-8-19(15-28)10-20(9-18)16-28)7-6-21(23)5-4-17-11-24(33-2)26(29)25(12-17)34-3/h4-7,11-13,18-20H,8-10,14-16H2,1-3H3,(H,30,31)/b5-4+. The molecule has 2 aromatic carbocycles. The van der Waals surface area contributed by atoms with Crippen LogP contribution in [0.25, 0.3) is 12.2 Å². The topological polar surface area (TPSA) is 56.8 Å². The third-order valence-electron chi connectivity index (χ3n) is 7.84. The predicted octanol–water partition coefficient (Wildman–Crippen LogP) is 6.34. The van der Waals surface area contributed by atoms with E-state index in [2.05, 4.69) is 21.2 Å². The molecular weight excluding hydrogens is 494 g/mol. The van der Waals surface area contributed by atoms with Crippen LogP contribution in [0.5, 0.6) is 17.2 Å². The van der Waals surface area contributed by atoms with Gasteiger partial charge >= 0.3 is 0 Å². The van der Waals surface area contributed by atoms with Gasteiger partial charge in [-0.25, -0.2) is 0 Å². The molecule has 0 unspecified atom stereocenters. The molecule has 5 nitrogen and oxygen atoms in total. The third-order valence-corrected chi connectivity index (χ3v) is 8.62. The molecule has 4 fully saturated rings. The zero-order valence-corrected chi connectivity index (χ0v) is 21.6. The van der Waals surface area contributed by atoms with Crippen molar-refractivity contribution in [3.63, 3.8) is 0 Å². The molecule has 0 aliphatic heterocycles. The van der Waals surface area contributed by atoms with Crippen LogP contribution < -0.4 is 19.5 Å². The van der Waals surface area contributed by atoms with Crippen LogP contribution in [-0.4, -0.2) is 32.8 Å². The number of benzene rings is 2. The summed E-state index contributed by atoms with van der Waals surface area (Å²) in [5.74, 6) is 4.47. The van der Waals surface area contributed by atoms with Gasteiger partial charge in [-0.3, -0.25) is 4.79 Å². The second-order valence-corrected chi connectivity index (χ2v) is 11.0. The predicted molar refractivity (Wildman–Crippen MR) is 138 cm³/mol. The number of nitrogens with one attached hydrogen (secondary N) is 1. The van der Waals surface area contributed by atoms with Gasteiger partial charge in [0.15, 0.2) is 0 Å². The average molecular weight is 526 g/mol. The Labute approximate surface area is 210 Å². The lowest BCUT2D eigenvalue weighted by molar-refractivity contribution is -0.0167. The smallest absolute Gasteiger partial charge is 0.251 e. The summed E-state index contributed by atoms with van der Waals surface area (Å²) in [5.41, 5.74) is 2.48. The fourth-order valence-electron chi connectivity index (χ4n) is 6.74. The van der Waals surface area contributed by atoms with Gasteiger partial charge in [0.2, 0.25) is 0 Å². The zero-order chi connectivity index (χ0) is 23.9. The summed E-state index contributed by atoms with van der Waals surface area (Å²) >= 11 is 3.50. The van der Waals surface area contributed by atoms with Crippen molar-refractivity contribution in [2.45, 2.75) is 44.1 Å². The maximum Gasteiger partial charge on any atom is 0.251 e. The Morgan fingerprint density at radius 2 is 1.44 bits per heavy atom. The van der Waals surface area contributed by atoms with E-state index < -0.39 is 0 Å². The van der Waals surface area contributed by atoms with Crippen LogP contribution in [0.15, 0.2) is 34.8 Å². The van der Waals surface area contributed by atoms with Crippen LogP contribution in [0.4, 0.5) is 0 Å². The molecule has 4 saturated carbocycles. The largest absolute Gasteiger partial charge is 0.496 e. The summed E-state index contributed by atoms with van der Waals surface area (Å²) in [7, 11) is 4.89. The minimum Gasteiger partial charge on any atom is -0.496 e. The Balaban J connectivity index is 1.34. The second-order valence-electron chi connectivity index (χ2n) is 10.2. The molecule has 0 aromatic heterocycles. The number of halogens is 1. The molecule has 6 heteroatoms. The van der Waals surface area contributed by atoms with E-state index in [1.165, 1.54) is 19.3 Å². The molecule has 0 heterocycles. The molecule has 4 bridgehead atoms. The highest BCUT2D eigenvalue weighted by Crippen LogP contribution is 2.55. The van der Waals surface area contributed by atoms with Gasteiger partial charge in [-0.15, -0.1) is 0 Å². The molecule has 0 spiro atoms. The second kappa shape index (κ2) is 9.29. The molecule has 4 aliphatic carbocycles. The maximum absolute atomic E-state index is 13.2.